The molecule has 0 saturated carbocycles. The summed E-state index contributed by atoms with van der Waals surface area (Å²) in [6.45, 7) is 1.24. The Balaban J connectivity index is 1.67. The molecule has 2 heterocycles. The maximum absolute atomic E-state index is 13.3. The van der Waals surface area contributed by atoms with Crippen molar-refractivity contribution in [1.82, 2.24) is 10.5 Å². The van der Waals surface area contributed by atoms with Gasteiger partial charge in [0.1, 0.15) is 11.9 Å². The lowest BCUT2D eigenvalue weighted by molar-refractivity contribution is -0.117. The van der Waals surface area contributed by atoms with Gasteiger partial charge in [-0.05, 0) is 47.0 Å². The minimum Gasteiger partial charge on any atom is -0.348 e. The van der Waals surface area contributed by atoms with Gasteiger partial charge in [-0.2, -0.15) is 5.26 Å². The van der Waals surface area contributed by atoms with Crippen LogP contribution >= 0.6 is 27.3 Å². The smallest absolute Gasteiger partial charge is 0.203 e. The van der Waals surface area contributed by atoms with Gasteiger partial charge >= 0.3 is 0 Å². The second-order valence-corrected chi connectivity index (χ2v) is 7.61. The molecule has 0 bridgehead atoms. The molecule has 0 atom stereocenters. The summed E-state index contributed by atoms with van der Waals surface area (Å²) in [6, 6.07) is 6.08. The summed E-state index contributed by atoms with van der Waals surface area (Å²) < 4.78 is 13.5. The number of hydrogen-bond acceptors (Lipinski definition) is 7. The lowest BCUT2D eigenvalue weighted by Crippen LogP contribution is -2.41. The number of aliphatic imine (C=N–C) groups is 1. The van der Waals surface area contributed by atoms with Crippen molar-refractivity contribution in [3.8, 4) is 6.07 Å². The number of aromatic nitrogens is 1. The molecule has 0 unspecified atom stereocenters. The highest BCUT2D eigenvalue weighted by Gasteiger charge is 2.29. The number of carbonyl (C=O) groups excluding carboxylic acids is 1. The fourth-order valence-electron chi connectivity index (χ4n) is 2.81. The zero-order chi connectivity index (χ0) is 19.4. The predicted octanol–water partition coefficient (Wildman–Crippen LogP) is 3.41. The number of Topliss-reactive ketones (excluding diaryl/α,β-unsaturated/α-hetero) is 1. The number of piperidine rings is 1. The van der Waals surface area contributed by atoms with Gasteiger partial charge in [-0.15, -0.1) is 11.3 Å². The summed E-state index contributed by atoms with van der Waals surface area (Å²) in [5.74, 6) is -1.20. The number of anilines is 1. The van der Waals surface area contributed by atoms with Gasteiger partial charge in [0.25, 0.3) is 0 Å². The topological polar surface area (TPSA) is 102 Å². The van der Waals surface area contributed by atoms with Crippen LogP contribution in [0.15, 0.2) is 33.0 Å². The van der Waals surface area contributed by atoms with Gasteiger partial charge in [0.2, 0.25) is 5.78 Å². The van der Waals surface area contributed by atoms with Crippen molar-refractivity contribution in [3.05, 3.63) is 39.6 Å². The molecular weight excluding hydrogens is 437 g/mol. The van der Waals surface area contributed by atoms with Crippen molar-refractivity contribution in [2.45, 2.75) is 12.8 Å². The maximum atomic E-state index is 13.3. The Morgan fingerprint density at radius 1 is 1.48 bits per heavy atom. The second kappa shape index (κ2) is 8.56. The average molecular weight is 452 g/mol. The monoisotopic (exact) mass is 451 g/mol. The quantitative estimate of drug-likeness (QED) is 0.419. The van der Waals surface area contributed by atoms with E-state index in [4.69, 9.17) is 5.26 Å². The molecule has 0 aliphatic carbocycles. The van der Waals surface area contributed by atoms with Crippen LogP contribution in [0.4, 0.5) is 15.2 Å². The minimum atomic E-state index is -0.437. The Kier molecular flexibility index (Phi) is 6.15. The number of amidine groups is 1. The van der Waals surface area contributed by atoms with Crippen LogP contribution in [0.3, 0.4) is 0 Å². The molecule has 2 aromatic rings. The first-order chi connectivity index (χ1) is 13.0. The number of rotatable bonds is 4. The molecule has 1 aliphatic heterocycles. The molecule has 0 amide bonds. The lowest BCUT2D eigenvalue weighted by Gasteiger charge is -2.30. The van der Waals surface area contributed by atoms with Gasteiger partial charge in [0, 0.05) is 24.4 Å². The van der Waals surface area contributed by atoms with Crippen molar-refractivity contribution in [2.24, 2.45) is 10.9 Å². The Hall–Kier alpha value is -2.35. The van der Waals surface area contributed by atoms with Crippen LogP contribution in [0.25, 0.3) is 0 Å². The Labute approximate surface area is 167 Å². The van der Waals surface area contributed by atoms with E-state index in [-0.39, 0.29) is 22.0 Å². The number of ketones is 1. The number of nitrogens with one attached hydrogen (secondary N) is 1. The number of carbonyl (C=O) groups is 1. The van der Waals surface area contributed by atoms with Crippen LogP contribution in [-0.4, -0.2) is 34.9 Å². The van der Waals surface area contributed by atoms with E-state index in [0.29, 0.717) is 37.3 Å². The van der Waals surface area contributed by atoms with Crippen LogP contribution in [0, 0.1) is 23.1 Å². The molecule has 3 rings (SSSR count). The van der Waals surface area contributed by atoms with E-state index < -0.39 is 5.82 Å². The molecule has 1 fully saturated rings. The van der Waals surface area contributed by atoms with Crippen LogP contribution in [-0.2, 0) is 4.79 Å². The molecule has 1 saturated heterocycles. The molecule has 7 nitrogen and oxygen atoms in total. The Morgan fingerprint density at radius 3 is 2.81 bits per heavy atom. The van der Waals surface area contributed by atoms with E-state index in [9.17, 15) is 14.4 Å². The zero-order valence-corrected chi connectivity index (χ0v) is 16.4. The molecule has 1 aromatic carbocycles. The molecule has 140 valence electrons. The van der Waals surface area contributed by atoms with Crippen molar-refractivity contribution in [1.29, 1.82) is 5.26 Å². The summed E-state index contributed by atoms with van der Waals surface area (Å²) in [5, 5.41) is 20.7. The van der Waals surface area contributed by atoms with E-state index in [0.717, 1.165) is 5.13 Å². The number of thiazole rings is 1. The lowest BCUT2D eigenvalue weighted by atomic mass is 9.92. The second-order valence-electron chi connectivity index (χ2n) is 5.92. The standard InChI is InChI=1S/C17H15BrFN5O2S/c18-13-7-11(1-2-14(13)19)21-16(23-26)15(25)10-3-5-24(6-4-10)17-22-12(8-20)9-27-17/h1-2,7,9-10,26H,3-6H2,(H,21,23). The third-order valence-corrected chi connectivity index (χ3v) is 5.74. The van der Waals surface area contributed by atoms with Gasteiger partial charge in [0.15, 0.2) is 16.7 Å². The third kappa shape index (κ3) is 4.50. The van der Waals surface area contributed by atoms with Gasteiger partial charge < -0.3 is 4.90 Å². The molecular formula is C17H15BrFN5O2S. The Bertz CT molecular complexity index is 918. The number of nitrogens with zero attached hydrogens (tertiary/aromatic N) is 4. The zero-order valence-electron chi connectivity index (χ0n) is 14.0. The SMILES string of the molecule is N#Cc1csc(N2CCC(C(=O)C(=Nc3ccc(F)c(Br)c3)NO)CC2)n1. The number of nitriles is 1. The Morgan fingerprint density at radius 2 is 2.22 bits per heavy atom. The van der Waals surface area contributed by atoms with E-state index in [1.165, 1.54) is 29.5 Å². The molecule has 27 heavy (non-hydrogen) atoms. The average Bonchev–Trinajstić information content (AvgIpc) is 3.17. The van der Waals surface area contributed by atoms with Gasteiger partial charge in [-0.3, -0.25) is 10.0 Å². The number of benzene rings is 1. The fourth-order valence-corrected chi connectivity index (χ4v) is 3.98. The van der Waals surface area contributed by atoms with Crippen molar-refractivity contribution < 1.29 is 14.4 Å². The highest BCUT2D eigenvalue weighted by atomic mass is 79.9. The van der Waals surface area contributed by atoms with Crippen molar-refractivity contribution in [2.75, 3.05) is 18.0 Å². The van der Waals surface area contributed by atoms with E-state index in [1.54, 1.807) is 5.38 Å². The first-order valence-corrected chi connectivity index (χ1v) is 9.77. The normalized spacial score (nSPS) is 15.5. The fraction of sp³-hybridized carbons (Fsp3) is 0.294. The van der Waals surface area contributed by atoms with E-state index in [2.05, 4.69) is 25.9 Å². The van der Waals surface area contributed by atoms with Gasteiger partial charge in [-0.1, -0.05) is 0 Å². The number of halogens is 2. The molecule has 2 N–H and O–H groups in total. The third-order valence-electron chi connectivity index (χ3n) is 4.23. The van der Waals surface area contributed by atoms with Crippen LogP contribution in [0.1, 0.15) is 18.5 Å². The molecule has 0 radical (unpaired) electrons. The summed E-state index contributed by atoms with van der Waals surface area (Å²) in [7, 11) is 0. The largest absolute Gasteiger partial charge is 0.348 e. The molecule has 1 aliphatic rings. The molecule has 10 heteroatoms. The number of hydrogen-bond donors (Lipinski definition) is 2. The van der Waals surface area contributed by atoms with Crippen LogP contribution < -0.4 is 10.4 Å². The van der Waals surface area contributed by atoms with E-state index in [1.807, 2.05) is 16.4 Å². The maximum Gasteiger partial charge on any atom is 0.203 e. The van der Waals surface area contributed by atoms with Crippen molar-refractivity contribution >= 4 is 49.7 Å². The summed E-state index contributed by atoms with van der Waals surface area (Å²) in [6.07, 6.45) is 1.15. The summed E-state index contributed by atoms with van der Waals surface area (Å²) >= 11 is 4.47. The summed E-state index contributed by atoms with van der Waals surface area (Å²) in [5.41, 5.74) is 2.60. The van der Waals surface area contributed by atoms with Crippen LogP contribution in [0.2, 0.25) is 0 Å². The highest BCUT2D eigenvalue weighted by Crippen LogP contribution is 2.27. The van der Waals surface area contributed by atoms with Crippen molar-refractivity contribution in [3.63, 3.8) is 0 Å². The summed E-state index contributed by atoms with van der Waals surface area (Å²) in [4.78, 5) is 23.0. The number of hydroxylamine groups is 1. The van der Waals surface area contributed by atoms with Gasteiger partial charge in [-0.25, -0.2) is 19.8 Å². The predicted molar refractivity (Wildman–Crippen MR) is 103 cm³/mol. The first kappa shape index (κ1) is 19.4. The minimum absolute atomic E-state index is 0.173. The van der Waals surface area contributed by atoms with Gasteiger partial charge in [0.05, 0.1) is 10.2 Å². The van der Waals surface area contributed by atoms with Crippen LogP contribution in [0.5, 0.6) is 0 Å². The van der Waals surface area contributed by atoms with E-state index >= 15 is 0 Å². The molecule has 0 spiro atoms. The highest BCUT2D eigenvalue weighted by molar-refractivity contribution is 9.10. The molecule has 1 aromatic heterocycles. The first-order valence-electron chi connectivity index (χ1n) is 8.10.